The van der Waals surface area contributed by atoms with Crippen molar-refractivity contribution in [2.75, 3.05) is 6.54 Å². The molecule has 1 N–H and O–H groups in total. The van der Waals surface area contributed by atoms with E-state index in [2.05, 4.69) is 17.2 Å². The van der Waals surface area contributed by atoms with Gasteiger partial charge in [0, 0.05) is 36.5 Å². The van der Waals surface area contributed by atoms with E-state index >= 15 is 0 Å². The molecule has 0 saturated heterocycles. The molecule has 21 heavy (non-hydrogen) atoms. The van der Waals surface area contributed by atoms with Crippen LogP contribution in [0.5, 0.6) is 11.6 Å². The Bertz CT molecular complexity index is 584. The predicted molar refractivity (Wildman–Crippen MR) is 77.4 cm³/mol. The summed E-state index contributed by atoms with van der Waals surface area (Å²) in [5.74, 6) is -0.966. The normalized spacial score (nSPS) is 12.2. The minimum Gasteiger partial charge on any atom is -0.439 e. The molecule has 0 radical (unpaired) electrons. The van der Waals surface area contributed by atoms with Crippen molar-refractivity contribution in [2.45, 2.75) is 26.3 Å². The molecule has 0 fully saturated rings. The fraction of sp³-hybridized carbons (Fsp3) is 0.312. The molecule has 2 aromatic rings. The van der Waals surface area contributed by atoms with E-state index in [0.717, 1.165) is 36.7 Å². The molecular formula is C16H18F2N2O. The summed E-state index contributed by atoms with van der Waals surface area (Å²) in [5.41, 5.74) is 1.00. The number of hydrogen-bond acceptors (Lipinski definition) is 3. The minimum atomic E-state index is -0.681. The summed E-state index contributed by atoms with van der Waals surface area (Å²) < 4.78 is 31.7. The Kier molecular flexibility index (Phi) is 5.22. The smallest absolute Gasteiger partial charge is 0.219 e. The first-order valence-corrected chi connectivity index (χ1v) is 6.91. The summed E-state index contributed by atoms with van der Waals surface area (Å²) in [6, 6.07) is 6.84. The van der Waals surface area contributed by atoms with Crippen LogP contribution in [0.1, 0.15) is 31.9 Å². The number of benzene rings is 1. The van der Waals surface area contributed by atoms with Gasteiger partial charge in [0.1, 0.15) is 17.4 Å². The highest BCUT2D eigenvalue weighted by Crippen LogP contribution is 2.24. The van der Waals surface area contributed by atoms with Crippen molar-refractivity contribution in [1.29, 1.82) is 0 Å². The van der Waals surface area contributed by atoms with Crippen LogP contribution in [0.2, 0.25) is 0 Å². The molecule has 0 aliphatic heterocycles. The van der Waals surface area contributed by atoms with E-state index in [9.17, 15) is 8.78 Å². The van der Waals surface area contributed by atoms with Gasteiger partial charge in [-0.1, -0.05) is 6.92 Å². The number of halogens is 2. The molecule has 1 aromatic carbocycles. The maximum atomic E-state index is 13.1. The van der Waals surface area contributed by atoms with Crippen LogP contribution >= 0.6 is 0 Å². The molecular weight excluding hydrogens is 274 g/mol. The van der Waals surface area contributed by atoms with Gasteiger partial charge in [-0.3, -0.25) is 0 Å². The molecule has 0 aliphatic carbocycles. The monoisotopic (exact) mass is 292 g/mol. The Balaban J connectivity index is 2.13. The third kappa shape index (κ3) is 4.49. The van der Waals surface area contributed by atoms with E-state index in [0.29, 0.717) is 5.88 Å². The minimum absolute atomic E-state index is 0.0892. The van der Waals surface area contributed by atoms with Gasteiger partial charge in [-0.15, -0.1) is 0 Å². The molecule has 0 aliphatic rings. The van der Waals surface area contributed by atoms with E-state index < -0.39 is 11.6 Å². The molecule has 0 saturated carbocycles. The standard InChI is InChI=1S/C16H18F2N2O/c1-3-5-19-11(2)12-4-6-20-16(7-12)21-15-9-13(17)8-14(18)10-15/h4,6-11,19H,3,5H2,1-2H3. The SMILES string of the molecule is CCCNC(C)c1ccnc(Oc2cc(F)cc(F)c2)c1. The molecule has 0 bridgehead atoms. The molecule has 3 nitrogen and oxygen atoms in total. The molecule has 1 atom stereocenters. The second-order valence-corrected chi connectivity index (χ2v) is 4.81. The zero-order valence-corrected chi connectivity index (χ0v) is 12.1. The average Bonchev–Trinajstić information content (AvgIpc) is 2.44. The van der Waals surface area contributed by atoms with Crippen molar-refractivity contribution in [3.05, 3.63) is 53.7 Å². The lowest BCUT2D eigenvalue weighted by molar-refractivity contribution is 0.449. The van der Waals surface area contributed by atoms with Crippen LogP contribution in [0.3, 0.4) is 0 Å². The molecule has 1 unspecified atom stereocenters. The lowest BCUT2D eigenvalue weighted by Gasteiger charge is -2.14. The highest BCUT2D eigenvalue weighted by Gasteiger charge is 2.08. The van der Waals surface area contributed by atoms with Crippen molar-refractivity contribution in [1.82, 2.24) is 10.3 Å². The van der Waals surface area contributed by atoms with E-state index in [1.165, 1.54) is 0 Å². The van der Waals surface area contributed by atoms with Gasteiger partial charge in [0.25, 0.3) is 0 Å². The number of rotatable bonds is 6. The van der Waals surface area contributed by atoms with Crippen LogP contribution < -0.4 is 10.1 Å². The lowest BCUT2D eigenvalue weighted by Crippen LogP contribution is -2.19. The quantitative estimate of drug-likeness (QED) is 0.866. The summed E-state index contributed by atoms with van der Waals surface area (Å²) in [6.07, 6.45) is 2.66. The summed E-state index contributed by atoms with van der Waals surface area (Å²) in [6.45, 7) is 5.05. The van der Waals surface area contributed by atoms with Crippen LogP contribution in [-0.2, 0) is 0 Å². The number of nitrogens with one attached hydrogen (secondary N) is 1. The van der Waals surface area contributed by atoms with Crippen LogP contribution in [0.25, 0.3) is 0 Å². The Hall–Kier alpha value is -2.01. The second-order valence-electron chi connectivity index (χ2n) is 4.81. The van der Waals surface area contributed by atoms with Crippen LogP contribution in [0, 0.1) is 11.6 Å². The summed E-state index contributed by atoms with van der Waals surface area (Å²) >= 11 is 0. The second kappa shape index (κ2) is 7.13. The fourth-order valence-corrected chi connectivity index (χ4v) is 1.94. The fourth-order valence-electron chi connectivity index (χ4n) is 1.94. The molecule has 2 rings (SSSR count). The number of hydrogen-bond donors (Lipinski definition) is 1. The van der Waals surface area contributed by atoms with Crippen molar-refractivity contribution < 1.29 is 13.5 Å². The molecule has 5 heteroatoms. The van der Waals surface area contributed by atoms with Crippen LogP contribution in [-0.4, -0.2) is 11.5 Å². The third-order valence-corrected chi connectivity index (χ3v) is 3.02. The third-order valence-electron chi connectivity index (χ3n) is 3.02. The summed E-state index contributed by atoms with van der Waals surface area (Å²) in [5, 5.41) is 3.35. The molecule has 112 valence electrons. The number of pyridine rings is 1. The van der Waals surface area contributed by atoms with Crippen LogP contribution in [0.15, 0.2) is 36.5 Å². The Labute approximate surface area is 123 Å². The van der Waals surface area contributed by atoms with E-state index in [-0.39, 0.29) is 11.8 Å². The van der Waals surface area contributed by atoms with E-state index in [1.807, 2.05) is 13.0 Å². The van der Waals surface area contributed by atoms with Gasteiger partial charge in [-0.2, -0.15) is 0 Å². The van der Waals surface area contributed by atoms with Gasteiger partial charge >= 0.3 is 0 Å². The highest BCUT2D eigenvalue weighted by atomic mass is 19.1. The van der Waals surface area contributed by atoms with Crippen molar-refractivity contribution in [3.63, 3.8) is 0 Å². The Morgan fingerprint density at radius 3 is 2.57 bits per heavy atom. The molecule has 1 heterocycles. The zero-order chi connectivity index (χ0) is 15.2. The maximum absolute atomic E-state index is 13.1. The topological polar surface area (TPSA) is 34.2 Å². The van der Waals surface area contributed by atoms with Crippen molar-refractivity contribution >= 4 is 0 Å². The van der Waals surface area contributed by atoms with Gasteiger partial charge in [0.05, 0.1) is 0 Å². The first-order chi connectivity index (χ1) is 10.1. The van der Waals surface area contributed by atoms with Gasteiger partial charge < -0.3 is 10.1 Å². The summed E-state index contributed by atoms with van der Waals surface area (Å²) in [4.78, 5) is 4.06. The van der Waals surface area contributed by atoms with Gasteiger partial charge in [0.15, 0.2) is 0 Å². The number of nitrogens with zero attached hydrogens (tertiary/aromatic N) is 1. The lowest BCUT2D eigenvalue weighted by atomic mass is 10.1. The molecule has 1 aromatic heterocycles. The maximum Gasteiger partial charge on any atom is 0.219 e. The van der Waals surface area contributed by atoms with Crippen molar-refractivity contribution in [2.24, 2.45) is 0 Å². The Morgan fingerprint density at radius 2 is 1.90 bits per heavy atom. The zero-order valence-electron chi connectivity index (χ0n) is 12.1. The summed E-state index contributed by atoms with van der Waals surface area (Å²) in [7, 11) is 0. The van der Waals surface area contributed by atoms with E-state index in [4.69, 9.17) is 4.74 Å². The van der Waals surface area contributed by atoms with Gasteiger partial charge in [-0.05, 0) is 31.5 Å². The van der Waals surface area contributed by atoms with Gasteiger partial charge in [-0.25, -0.2) is 13.8 Å². The van der Waals surface area contributed by atoms with Crippen LogP contribution in [0.4, 0.5) is 8.78 Å². The van der Waals surface area contributed by atoms with E-state index in [1.54, 1.807) is 12.3 Å². The highest BCUT2D eigenvalue weighted by molar-refractivity contribution is 5.30. The first kappa shape index (κ1) is 15.4. The predicted octanol–water partition coefficient (Wildman–Crippen LogP) is 4.21. The average molecular weight is 292 g/mol. The number of ether oxygens (including phenoxy) is 1. The molecule has 0 spiro atoms. The Morgan fingerprint density at radius 1 is 1.19 bits per heavy atom. The van der Waals surface area contributed by atoms with Crippen molar-refractivity contribution in [3.8, 4) is 11.6 Å². The number of aromatic nitrogens is 1. The van der Waals surface area contributed by atoms with Gasteiger partial charge in [0.2, 0.25) is 5.88 Å². The molecule has 0 amide bonds. The first-order valence-electron chi connectivity index (χ1n) is 6.91. The largest absolute Gasteiger partial charge is 0.439 e.